The molecule has 1 saturated heterocycles. The topological polar surface area (TPSA) is 62.7 Å². The van der Waals surface area contributed by atoms with Gasteiger partial charge in [0.05, 0.1) is 23.8 Å². The smallest absolute Gasteiger partial charge is 0.337 e. The zero-order valence-corrected chi connectivity index (χ0v) is 9.28. The Balaban J connectivity index is 2.24. The maximum absolute atomic E-state index is 10.7. The van der Waals surface area contributed by atoms with Gasteiger partial charge in [0.2, 0.25) is 0 Å². The second kappa shape index (κ2) is 4.67. The SMILES string of the molecule is O=C(O)c1cnc(N2CCOCC2)c(Cl)c1. The summed E-state index contributed by atoms with van der Waals surface area (Å²) in [5.41, 5.74) is 0.0991. The number of hydrogen-bond donors (Lipinski definition) is 1. The third kappa shape index (κ3) is 2.25. The van der Waals surface area contributed by atoms with Crippen molar-refractivity contribution in [1.29, 1.82) is 0 Å². The van der Waals surface area contributed by atoms with Crippen LogP contribution in [0.1, 0.15) is 10.4 Å². The Bertz CT molecular complexity index is 405. The van der Waals surface area contributed by atoms with Crippen molar-refractivity contribution in [3.8, 4) is 0 Å². The second-order valence-electron chi connectivity index (χ2n) is 3.43. The van der Waals surface area contributed by atoms with Gasteiger partial charge in [-0.2, -0.15) is 0 Å². The van der Waals surface area contributed by atoms with E-state index in [0.717, 1.165) is 13.1 Å². The van der Waals surface area contributed by atoms with Gasteiger partial charge < -0.3 is 14.7 Å². The van der Waals surface area contributed by atoms with E-state index in [4.69, 9.17) is 21.4 Å². The molecule has 16 heavy (non-hydrogen) atoms. The predicted molar refractivity (Wildman–Crippen MR) is 59.2 cm³/mol. The summed E-state index contributed by atoms with van der Waals surface area (Å²) in [5, 5.41) is 9.14. The van der Waals surface area contributed by atoms with Crippen LogP contribution in [0.25, 0.3) is 0 Å². The zero-order chi connectivity index (χ0) is 11.5. The summed E-state index contributed by atoms with van der Waals surface area (Å²) in [6, 6.07) is 1.42. The van der Waals surface area contributed by atoms with Crippen molar-refractivity contribution in [3.63, 3.8) is 0 Å². The average Bonchev–Trinajstić information content (AvgIpc) is 2.30. The van der Waals surface area contributed by atoms with Crippen molar-refractivity contribution in [2.45, 2.75) is 0 Å². The molecule has 0 radical (unpaired) electrons. The molecular formula is C10H11ClN2O3. The lowest BCUT2D eigenvalue weighted by atomic mass is 10.2. The maximum atomic E-state index is 10.7. The highest BCUT2D eigenvalue weighted by molar-refractivity contribution is 6.33. The number of rotatable bonds is 2. The number of aromatic nitrogens is 1. The minimum atomic E-state index is -1.03. The monoisotopic (exact) mass is 242 g/mol. The fourth-order valence-corrected chi connectivity index (χ4v) is 1.84. The normalized spacial score (nSPS) is 16.2. The van der Waals surface area contributed by atoms with E-state index < -0.39 is 5.97 Å². The molecule has 2 heterocycles. The van der Waals surface area contributed by atoms with Crippen molar-refractivity contribution in [3.05, 3.63) is 22.8 Å². The number of carbonyl (C=O) groups is 1. The molecule has 6 heteroatoms. The number of hydrogen-bond acceptors (Lipinski definition) is 4. The fourth-order valence-electron chi connectivity index (χ4n) is 1.56. The molecule has 1 N–H and O–H groups in total. The first-order valence-corrected chi connectivity index (χ1v) is 5.28. The second-order valence-corrected chi connectivity index (χ2v) is 3.84. The number of carboxylic acid groups (broad SMARTS) is 1. The van der Waals surface area contributed by atoms with Gasteiger partial charge in [-0.15, -0.1) is 0 Å². The quantitative estimate of drug-likeness (QED) is 0.846. The highest BCUT2D eigenvalue weighted by atomic mass is 35.5. The first-order chi connectivity index (χ1) is 7.68. The van der Waals surface area contributed by atoms with Crippen LogP contribution < -0.4 is 4.90 Å². The lowest BCUT2D eigenvalue weighted by Crippen LogP contribution is -2.37. The Hall–Kier alpha value is -1.33. The Morgan fingerprint density at radius 3 is 2.75 bits per heavy atom. The van der Waals surface area contributed by atoms with Crippen LogP contribution in [0.3, 0.4) is 0 Å². The summed E-state index contributed by atoms with van der Waals surface area (Å²) < 4.78 is 5.22. The molecule has 1 aromatic heterocycles. The maximum Gasteiger partial charge on any atom is 0.337 e. The van der Waals surface area contributed by atoms with E-state index in [1.165, 1.54) is 12.3 Å². The number of carboxylic acids is 1. The number of halogens is 1. The Morgan fingerprint density at radius 2 is 2.19 bits per heavy atom. The van der Waals surface area contributed by atoms with Crippen LogP contribution in [0.15, 0.2) is 12.3 Å². The first kappa shape index (κ1) is 11.2. The molecular weight excluding hydrogens is 232 g/mol. The van der Waals surface area contributed by atoms with Gasteiger partial charge in [-0.25, -0.2) is 9.78 Å². The van der Waals surface area contributed by atoms with Crippen molar-refractivity contribution in [1.82, 2.24) is 4.98 Å². The van der Waals surface area contributed by atoms with Gasteiger partial charge in [0.15, 0.2) is 0 Å². The fraction of sp³-hybridized carbons (Fsp3) is 0.400. The predicted octanol–water partition coefficient (Wildman–Crippen LogP) is 1.27. The van der Waals surface area contributed by atoms with Crippen molar-refractivity contribution in [2.75, 3.05) is 31.2 Å². The largest absolute Gasteiger partial charge is 0.478 e. The van der Waals surface area contributed by atoms with Crippen LogP contribution in [0, 0.1) is 0 Å². The van der Waals surface area contributed by atoms with E-state index in [1.807, 2.05) is 4.90 Å². The van der Waals surface area contributed by atoms with Crippen LogP contribution in [0.2, 0.25) is 5.02 Å². The third-order valence-electron chi connectivity index (χ3n) is 2.38. The van der Waals surface area contributed by atoms with Gasteiger partial charge in [0, 0.05) is 19.3 Å². The molecule has 1 fully saturated rings. The van der Waals surface area contributed by atoms with Gasteiger partial charge in [-0.05, 0) is 6.07 Å². The summed E-state index contributed by atoms with van der Waals surface area (Å²) in [7, 11) is 0. The first-order valence-electron chi connectivity index (χ1n) is 4.90. The molecule has 1 aliphatic rings. The molecule has 0 amide bonds. The summed E-state index contributed by atoms with van der Waals surface area (Å²) in [6.07, 6.45) is 1.32. The number of aromatic carboxylic acids is 1. The van der Waals surface area contributed by atoms with Crippen LogP contribution in [-0.2, 0) is 4.74 Å². The van der Waals surface area contributed by atoms with E-state index in [0.29, 0.717) is 24.1 Å². The number of pyridine rings is 1. The molecule has 0 aromatic carbocycles. The molecule has 0 saturated carbocycles. The Kier molecular flexibility index (Phi) is 3.26. The van der Waals surface area contributed by atoms with Crippen LogP contribution >= 0.6 is 11.6 Å². The van der Waals surface area contributed by atoms with Crippen molar-refractivity contribution < 1.29 is 14.6 Å². The summed E-state index contributed by atoms with van der Waals surface area (Å²) in [6.45, 7) is 2.72. The van der Waals surface area contributed by atoms with Gasteiger partial charge in [0.1, 0.15) is 5.82 Å². The van der Waals surface area contributed by atoms with Gasteiger partial charge in [-0.3, -0.25) is 0 Å². The molecule has 1 aliphatic heterocycles. The highest BCUT2D eigenvalue weighted by Crippen LogP contribution is 2.24. The molecule has 2 rings (SSSR count). The zero-order valence-electron chi connectivity index (χ0n) is 8.52. The average molecular weight is 243 g/mol. The van der Waals surface area contributed by atoms with Crippen molar-refractivity contribution >= 4 is 23.4 Å². The van der Waals surface area contributed by atoms with Crippen LogP contribution in [0.5, 0.6) is 0 Å². The van der Waals surface area contributed by atoms with Gasteiger partial charge in [-0.1, -0.05) is 11.6 Å². The van der Waals surface area contributed by atoms with Gasteiger partial charge >= 0.3 is 5.97 Å². The number of nitrogens with zero attached hydrogens (tertiary/aromatic N) is 2. The summed E-state index contributed by atoms with van der Waals surface area (Å²) in [4.78, 5) is 16.8. The Morgan fingerprint density at radius 1 is 1.50 bits per heavy atom. The molecule has 5 nitrogen and oxygen atoms in total. The molecule has 0 atom stereocenters. The molecule has 86 valence electrons. The molecule has 0 bridgehead atoms. The molecule has 0 aliphatic carbocycles. The van der Waals surface area contributed by atoms with E-state index >= 15 is 0 Å². The highest BCUT2D eigenvalue weighted by Gasteiger charge is 2.16. The number of ether oxygens (including phenoxy) is 1. The van der Waals surface area contributed by atoms with E-state index in [2.05, 4.69) is 4.98 Å². The minimum absolute atomic E-state index is 0.0991. The summed E-state index contributed by atoms with van der Waals surface area (Å²) in [5.74, 6) is -0.405. The standard InChI is InChI=1S/C10H11ClN2O3/c11-8-5-7(10(14)15)6-12-9(8)13-1-3-16-4-2-13/h5-6H,1-4H2,(H,14,15). The van der Waals surface area contributed by atoms with E-state index in [9.17, 15) is 4.79 Å². The van der Waals surface area contributed by atoms with Crippen LogP contribution in [-0.4, -0.2) is 42.4 Å². The summed E-state index contributed by atoms with van der Waals surface area (Å²) >= 11 is 6.00. The van der Waals surface area contributed by atoms with E-state index in [1.54, 1.807) is 0 Å². The lowest BCUT2D eigenvalue weighted by molar-refractivity contribution is 0.0696. The van der Waals surface area contributed by atoms with Gasteiger partial charge in [0.25, 0.3) is 0 Å². The Labute approximate surface area is 97.6 Å². The van der Waals surface area contributed by atoms with E-state index in [-0.39, 0.29) is 5.56 Å². The minimum Gasteiger partial charge on any atom is -0.478 e. The lowest BCUT2D eigenvalue weighted by Gasteiger charge is -2.28. The molecule has 0 spiro atoms. The molecule has 1 aromatic rings. The number of morpholine rings is 1. The third-order valence-corrected chi connectivity index (χ3v) is 2.66. The van der Waals surface area contributed by atoms with Crippen molar-refractivity contribution in [2.24, 2.45) is 0 Å². The number of anilines is 1. The van der Waals surface area contributed by atoms with Crippen LogP contribution in [0.4, 0.5) is 5.82 Å². The molecule has 0 unspecified atom stereocenters.